The van der Waals surface area contributed by atoms with E-state index in [0.717, 1.165) is 0 Å². The summed E-state index contributed by atoms with van der Waals surface area (Å²) in [5.74, 6) is -1.63. The van der Waals surface area contributed by atoms with Crippen LogP contribution in [0, 0.1) is 11.2 Å². The molecule has 186 valence electrons. The van der Waals surface area contributed by atoms with Gasteiger partial charge in [-0.05, 0) is 52.8 Å². The largest absolute Gasteiger partial charge is 0.365 e. The minimum absolute atomic E-state index is 0.0412. The van der Waals surface area contributed by atoms with Crippen molar-refractivity contribution in [3.63, 3.8) is 0 Å². The van der Waals surface area contributed by atoms with Crippen molar-refractivity contribution in [3.8, 4) is 0 Å². The zero-order chi connectivity index (χ0) is 26.0. The Balaban J connectivity index is 1.90. The van der Waals surface area contributed by atoms with E-state index >= 15 is 4.39 Å². The van der Waals surface area contributed by atoms with Crippen LogP contribution in [0.1, 0.15) is 50.5 Å². The fourth-order valence-electron chi connectivity index (χ4n) is 3.24. The molecule has 10 heteroatoms. The van der Waals surface area contributed by atoms with Crippen LogP contribution in [0.2, 0.25) is 5.02 Å². The number of anilines is 2. The predicted octanol–water partition coefficient (Wildman–Crippen LogP) is 5.50. The Morgan fingerprint density at radius 1 is 1.06 bits per heavy atom. The van der Waals surface area contributed by atoms with Crippen molar-refractivity contribution in [2.45, 2.75) is 46.7 Å². The number of nitrogens with one attached hydrogen (secondary N) is 3. The molecule has 2 amide bonds. The first-order valence-corrected chi connectivity index (χ1v) is 11.4. The summed E-state index contributed by atoms with van der Waals surface area (Å²) >= 11 is 6.16. The number of halogens is 3. The number of carbonyl (C=O) groups excluding carboxylic acids is 2. The lowest BCUT2D eigenvalue weighted by Crippen LogP contribution is -2.38. The molecule has 35 heavy (non-hydrogen) atoms. The van der Waals surface area contributed by atoms with Gasteiger partial charge in [-0.15, -0.1) is 0 Å². The third-order valence-corrected chi connectivity index (χ3v) is 5.51. The van der Waals surface area contributed by atoms with Gasteiger partial charge in [0.05, 0.1) is 27.2 Å². The number of hydrogen-bond acceptors (Lipinski definition) is 5. The number of hydrogen-bond donors (Lipinski definition) is 3. The normalized spacial score (nSPS) is 11.9. The Morgan fingerprint density at radius 3 is 2.43 bits per heavy atom. The monoisotopic (exact) mass is 503 g/mol. The number of carbonyl (C=O) groups is 2. The van der Waals surface area contributed by atoms with E-state index in [0.29, 0.717) is 22.4 Å². The summed E-state index contributed by atoms with van der Waals surface area (Å²) in [6.45, 7) is 7.76. The second-order valence-corrected chi connectivity index (χ2v) is 10.3. The first-order chi connectivity index (χ1) is 16.3. The van der Waals surface area contributed by atoms with E-state index in [9.17, 15) is 14.0 Å². The lowest BCUT2D eigenvalue weighted by atomic mass is 9.94. The van der Waals surface area contributed by atoms with Crippen molar-refractivity contribution in [2.24, 2.45) is 5.41 Å². The molecule has 3 aromatic rings. The van der Waals surface area contributed by atoms with Crippen LogP contribution in [0.4, 0.5) is 20.3 Å². The number of para-hydroxylation sites is 1. The molecule has 2 aromatic carbocycles. The summed E-state index contributed by atoms with van der Waals surface area (Å²) in [5, 5.41) is 9.06. The first-order valence-electron chi connectivity index (χ1n) is 11.0. The summed E-state index contributed by atoms with van der Waals surface area (Å²) in [6, 6.07) is 7.92. The molecule has 0 spiro atoms. The molecule has 7 nitrogen and oxygen atoms in total. The molecule has 0 bridgehead atoms. The van der Waals surface area contributed by atoms with E-state index in [-0.39, 0.29) is 28.2 Å². The molecule has 0 aliphatic rings. The van der Waals surface area contributed by atoms with Crippen LogP contribution in [0.25, 0.3) is 10.9 Å². The molecule has 1 aromatic heterocycles. The summed E-state index contributed by atoms with van der Waals surface area (Å²) in [5.41, 5.74) is -1.02. The van der Waals surface area contributed by atoms with Gasteiger partial charge in [0.1, 0.15) is 24.6 Å². The van der Waals surface area contributed by atoms with Crippen molar-refractivity contribution < 1.29 is 18.4 Å². The third kappa shape index (κ3) is 6.03. The Hall–Kier alpha value is -3.33. The number of alkyl halides is 1. The van der Waals surface area contributed by atoms with Gasteiger partial charge in [-0.25, -0.2) is 18.7 Å². The topological polar surface area (TPSA) is 96.0 Å². The Bertz CT molecular complexity index is 1270. The van der Waals surface area contributed by atoms with Crippen molar-refractivity contribution in [2.75, 3.05) is 17.3 Å². The smallest absolute Gasteiger partial charge is 0.260 e. The van der Waals surface area contributed by atoms with E-state index in [1.165, 1.54) is 32.3 Å². The van der Waals surface area contributed by atoms with E-state index in [1.807, 2.05) is 26.8 Å². The highest BCUT2D eigenvalue weighted by Gasteiger charge is 2.28. The fraction of sp³-hybridized carbons (Fsp3) is 0.360. The average molecular weight is 504 g/mol. The van der Waals surface area contributed by atoms with Crippen molar-refractivity contribution >= 4 is 45.8 Å². The van der Waals surface area contributed by atoms with Gasteiger partial charge >= 0.3 is 0 Å². The maximum Gasteiger partial charge on any atom is 0.260 e. The van der Waals surface area contributed by atoms with Gasteiger partial charge in [-0.3, -0.25) is 9.59 Å². The SMILES string of the molecule is CC(C)(C)Nc1ncnc2c(NC(=O)c3c(Cl)ccc(CNC(=O)C(C)(C)CF)c3F)cccc12. The highest BCUT2D eigenvalue weighted by Crippen LogP contribution is 2.29. The second kappa shape index (κ2) is 10.1. The van der Waals surface area contributed by atoms with Gasteiger partial charge in [0.2, 0.25) is 5.91 Å². The Labute approximate surface area is 207 Å². The molecule has 0 unspecified atom stereocenters. The van der Waals surface area contributed by atoms with Crippen LogP contribution >= 0.6 is 11.6 Å². The molecule has 0 aliphatic carbocycles. The zero-order valence-corrected chi connectivity index (χ0v) is 21.0. The molecule has 0 radical (unpaired) electrons. The lowest BCUT2D eigenvalue weighted by Gasteiger charge is -2.22. The molecule has 3 rings (SSSR count). The summed E-state index contributed by atoms with van der Waals surface area (Å²) < 4.78 is 28.3. The molecule has 0 fully saturated rings. The van der Waals surface area contributed by atoms with Gasteiger partial charge in [-0.2, -0.15) is 0 Å². The van der Waals surface area contributed by atoms with Crippen LogP contribution in [0.15, 0.2) is 36.7 Å². The molecule has 0 saturated carbocycles. The number of fused-ring (bicyclic) bond motifs is 1. The molecule has 3 N–H and O–H groups in total. The molecule has 0 saturated heterocycles. The first kappa shape index (κ1) is 26.3. The average Bonchev–Trinajstić information content (AvgIpc) is 2.78. The minimum atomic E-state index is -1.25. The predicted molar refractivity (Wildman–Crippen MR) is 134 cm³/mol. The number of aromatic nitrogens is 2. The van der Waals surface area contributed by atoms with Crippen LogP contribution in [0.3, 0.4) is 0 Å². The highest BCUT2D eigenvalue weighted by atomic mass is 35.5. The molecule has 0 atom stereocenters. The van der Waals surface area contributed by atoms with Gasteiger partial charge in [0, 0.05) is 23.0 Å². The summed E-state index contributed by atoms with van der Waals surface area (Å²) in [6.07, 6.45) is 1.38. The Kier molecular flexibility index (Phi) is 7.59. The fourth-order valence-corrected chi connectivity index (χ4v) is 3.48. The van der Waals surface area contributed by atoms with E-state index in [2.05, 4.69) is 25.9 Å². The standard InChI is InChI=1S/C25H28ClF2N5O2/c1-24(2,3)33-21-15-7-6-8-17(20(15)30-13-31-21)32-22(34)18-16(26)10-9-14(19(18)28)11-29-23(35)25(4,5)12-27/h6-10,13H,11-12H2,1-5H3,(H,29,35)(H,32,34)(H,30,31,33). The third-order valence-electron chi connectivity index (χ3n) is 5.19. The van der Waals surface area contributed by atoms with Crippen LogP contribution in [-0.2, 0) is 11.3 Å². The van der Waals surface area contributed by atoms with Crippen LogP contribution < -0.4 is 16.0 Å². The summed E-state index contributed by atoms with van der Waals surface area (Å²) in [4.78, 5) is 33.8. The number of benzene rings is 2. The zero-order valence-electron chi connectivity index (χ0n) is 20.2. The lowest BCUT2D eigenvalue weighted by molar-refractivity contribution is -0.130. The van der Waals surface area contributed by atoms with Gasteiger partial charge in [0.15, 0.2) is 0 Å². The van der Waals surface area contributed by atoms with E-state index in [4.69, 9.17) is 11.6 Å². The number of nitrogens with zero attached hydrogens (tertiary/aromatic N) is 2. The molecule has 0 aliphatic heterocycles. The number of amides is 2. The second-order valence-electron chi connectivity index (χ2n) is 9.85. The van der Waals surface area contributed by atoms with Crippen LogP contribution in [0.5, 0.6) is 0 Å². The molecular formula is C25H28ClF2N5O2. The van der Waals surface area contributed by atoms with Crippen LogP contribution in [-0.4, -0.2) is 34.0 Å². The maximum atomic E-state index is 15.3. The van der Waals surface area contributed by atoms with Crippen molar-refractivity contribution in [1.29, 1.82) is 0 Å². The van der Waals surface area contributed by atoms with Gasteiger partial charge in [0.25, 0.3) is 5.91 Å². The summed E-state index contributed by atoms with van der Waals surface area (Å²) in [7, 11) is 0. The van der Waals surface area contributed by atoms with Gasteiger partial charge < -0.3 is 16.0 Å². The van der Waals surface area contributed by atoms with E-state index < -0.39 is 29.7 Å². The number of rotatable bonds is 7. The maximum absolute atomic E-state index is 15.3. The van der Waals surface area contributed by atoms with E-state index in [1.54, 1.807) is 12.1 Å². The highest BCUT2D eigenvalue weighted by molar-refractivity contribution is 6.34. The Morgan fingerprint density at radius 2 is 1.77 bits per heavy atom. The van der Waals surface area contributed by atoms with Crippen molar-refractivity contribution in [3.05, 3.63) is 58.6 Å². The molecule has 1 heterocycles. The van der Waals surface area contributed by atoms with Crippen molar-refractivity contribution in [1.82, 2.24) is 15.3 Å². The van der Waals surface area contributed by atoms with Gasteiger partial charge in [-0.1, -0.05) is 23.7 Å². The molecular weight excluding hydrogens is 476 g/mol. The minimum Gasteiger partial charge on any atom is -0.365 e. The quantitative estimate of drug-likeness (QED) is 0.396.